The first kappa shape index (κ1) is 22.3. The molecule has 1 atom stereocenters. The molecule has 164 valence electrons. The highest BCUT2D eigenvalue weighted by atomic mass is 16.5. The Balaban J connectivity index is 1.80. The number of aliphatic hydroxyl groups excluding tert-OH is 1. The first-order chi connectivity index (χ1) is 15.2. The number of urea groups is 1. The highest BCUT2D eigenvalue weighted by Crippen LogP contribution is 2.25. The average Bonchev–Trinajstić information content (AvgIpc) is 3.34. The molecule has 0 saturated heterocycles. The van der Waals surface area contributed by atoms with Crippen LogP contribution >= 0.6 is 0 Å². The summed E-state index contributed by atoms with van der Waals surface area (Å²) < 4.78 is 5.29. The lowest BCUT2D eigenvalue weighted by molar-refractivity contribution is 0.234. The highest BCUT2D eigenvalue weighted by Gasteiger charge is 2.21. The maximum atomic E-state index is 13.2. The van der Waals surface area contributed by atoms with Crippen molar-refractivity contribution < 1.29 is 14.6 Å². The van der Waals surface area contributed by atoms with Gasteiger partial charge >= 0.3 is 6.03 Å². The molecule has 1 heterocycles. The predicted molar refractivity (Wildman–Crippen MR) is 121 cm³/mol. The number of ether oxygens (including phenoxy) is 1. The van der Waals surface area contributed by atoms with Gasteiger partial charge in [-0.1, -0.05) is 24.3 Å². The van der Waals surface area contributed by atoms with Crippen LogP contribution < -0.4 is 20.7 Å². The monoisotopic (exact) mass is 423 g/mol. The number of hydrogen-bond acceptors (Lipinski definition) is 5. The van der Waals surface area contributed by atoms with Crippen molar-refractivity contribution in [1.29, 1.82) is 0 Å². The van der Waals surface area contributed by atoms with E-state index in [2.05, 4.69) is 15.5 Å². The van der Waals surface area contributed by atoms with Crippen LogP contribution in [0.25, 0.3) is 11.1 Å². The van der Waals surface area contributed by atoms with E-state index in [0.717, 1.165) is 22.4 Å². The fourth-order valence-electron chi connectivity index (χ4n) is 3.38. The molecule has 3 rings (SSSR count). The van der Waals surface area contributed by atoms with Crippen LogP contribution in [0.15, 0.2) is 60.9 Å². The van der Waals surface area contributed by atoms with E-state index in [1.165, 1.54) is 0 Å². The van der Waals surface area contributed by atoms with Gasteiger partial charge in [-0.05, 0) is 54.8 Å². The van der Waals surface area contributed by atoms with Crippen LogP contribution in [0.1, 0.15) is 24.4 Å². The zero-order valence-corrected chi connectivity index (χ0v) is 17.6. The normalized spacial score (nSPS) is 11.7. The molecular formula is C23H29N5O3. The van der Waals surface area contributed by atoms with E-state index in [0.29, 0.717) is 31.7 Å². The molecule has 31 heavy (non-hydrogen) atoms. The van der Waals surface area contributed by atoms with Gasteiger partial charge in [-0.15, -0.1) is 0 Å². The van der Waals surface area contributed by atoms with Crippen molar-refractivity contribution in [3.8, 4) is 16.9 Å². The van der Waals surface area contributed by atoms with Crippen molar-refractivity contribution in [2.75, 3.05) is 31.7 Å². The molecule has 0 spiro atoms. The molecule has 2 amide bonds. The molecule has 5 N–H and O–H groups in total. The molecule has 1 unspecified atom stereocenters. The minimum atomic E-state index is -0.349. The minimum absolute atomic E-state index is 0.0512. The van der Waals surface area contributed by atoms with Crippen LogP contribution in [0.5, 0.6) is 5.75 Å². The third kappa shape index (κ3) is 5.84. The van der Waals surface area contributed by atoms with E-state index in [-0.39, 0.29) is 18.7 Å². The van der Waals surface area contributed by atoms with Crippen molar-refractivity contribution in [3.63, 3.8) is 0 Å². The van der Waals surface area contributed by atoms with Gasteiger partial charge in [0.05, 0.1) is 19.3 Å². The van der Waals surface area contributed by atoms with E-state index < -0.39 is 0 Å². The molecule has 1 aromatic heterocycles. The molecule has 0 bridgehead atoms. The number of benzene rings is 2. The van der Waals surface area contributed by atoms with Gasteiger partial charge in [-0.25, -0.2) is 4.79 Å². The van der Waals surface area contributed by atoms with Gasteiger partial charge in [0, 0.05) is 30.6 Å². The van der Waals surface area contributed by atoms with Gasteiger partial charge in [0.15, 0.2) is 0 Å². The summed E-state index contributed by atoms with van der Waals surface area (Å²) in [6, 6.07) is 14.6. The van der Waals surface area contributed by atoms with E-state index in [1.54, 1.807) is 18.2 Å². The number of carbonyl (C=O) groups is 1. The van der Waals surface area contributed by atoms with Crippen molar-refractivity contribution >= 4 is 11.7 Å². The summed E-state index contributed by atoms with van der Waals surface area (Å²) in [5, 5.41) is 19.4. The van der Waals surface area contributed by atoms with E-state index in [9.17, 15) is 9.90 Å². The number of amides is 2. The maximum absolute atomic E-state index is 13.2. The Morgan fingerprint density at radius 1 is 1.26 bits per heavy atom. The van der Waals surface area contributed by atoms with Crippen LogP contribution in [0.3, 0.4) is 0 Å². The molecule has 0 aliphatic carbocycles. The van der Waals surface area contributed by atoms with Crippen LogP contribution in [0.2, 0.25) is 0 Å². The molecule has 0 radical (unpaired) electrons. The first-order valence-electron chi connectivity index (χ1n) is 10.3. The van der Waals surface area contributed by atoms with Crippen LogP contribution in [0, 0.1) is 0 Å². The summed E-state index contributed by atoms with van der Waals surface area (Å²) >= 11 is 0. The second kappa shape index (κ2) is 11.1. The smallest absolute Gasteiger partial charge is 0.322 e. The van der Waals surface area contributed by atoms with E-state index in [4.69, 9.17) is 10.5 Å². The third-order valence-electron chi connectivity index (χ3n) is 5.05. The Labute approximate surface area is 182 Å². The number of methoxy groups -OCH3 is 1. The van der Waals surface area contributed by atoms with Crippen LogP contribution in [-0.2, 0) is 0 Å². The van der Waals surface area contributed by atoms with Gasteiger partial charge in [-0.3, -0.25) is 10.00 Å². The number of carbonyl (C=O) groups excluding carboxylic acids is 1. The number of anilines is 1. The quantitative estimate of drug-likeness (QED) is 0.400. The molecule has 0 saturated carbocycles. The summed E-state index contributed by atoms with van der Waals surface area (Å²) in [5.74, 6) is 0.699. The summed E-state index contributed by atoms with van der Waals surface area (Å²) in [6.45, 7) is 0.911. The van der Waals surface area contributed by atoms with Crippen molar-refractivity contribution in [2.45, 2.75) is 18.9 Å². The average molecular weight is 424 g/mol. The number of hydrogen-bond donors (Lipinski definition) is 4. The molecular weight excluding hydrogens is 394 g/mol. The fraction of sp³-hybridized carbons (Fsp3) is 0.304. The largest absolute Gasteiger partial charge is 0.497 e. The van der Waals surface area contributed by atoms with E-state index >= 15 is 0 Å². The molecule has 2 aromatic carbocycles. The van der Waals surface area contributed by atoms with Crippen molar-refractivity contribution in [3.05, 3.63) is 66.5 Å². The molecule has 0 fully saturated rings. The lowest BCUT2D eigenvalue weighted by Gasteiger charge is -2.27. The lowest BCUT2D eigenvalue weighted by Crippen LogP contribution is -2.43. The highest BCUT2D eigenvalue weighted by molar-refractivity contribution is 5.92. The number of aromatic nitrogens is 2. The van der Waals surface area contributed by atoms with E-state index in [1.807, 2.05) is 54.7 Å². The molecule has 8 heteroatoms. The number of nitrogens with zero attached hydrogens (tertiary/aromatic N) is 2. The Bertz CT molecular complexity index is 944. The zero-order chi connectivity index (χ0) is 22.1. The number of rotatable bonds is 10. The summed E-state index contributed by atoms with van der Waals surface area (Å²) in [6.07, 6.45) is 4.63. The lowest BCUT2D eigenvalue weighted by atomic mass is 10.0. The third-order valence-corrected chi connectivity index (χ3v) is 5.05. The predicted octanol–water partition coefficient (Wildman–Crippen LogP) is 3.07. The minimum Gasteiger partial charge on any atom is -0.497 e. The Kier molecular flexibility index (Phi) is 8.03. The Hall–Kier alpha value is -3.36. The molecule has 3 aromatic rings. The number of nitrogens with one attached hydrogen (secondary N) is 2. The fourth-order valence-corrected chi connectivity index (χ4v) is 3.38. The first-order valence-corrected chi connectivity index (χ1v) is 10.3. The Morgan fingerprint density at radius 3 is 2.71 bits per heavy atom. The molecule has 0 aliphatic rings. The summed E-state index contributed by atoms with van der Waals surface area (Å²) in [7, 11) is 1.60. The number of H-pyrrole nitrogens is 1. The number of nitrogens with two attached hydrogens (primary N) is 1. The molecule has 8 nitrogen and oxygen atoms in total. The topological polar surface area (TPSA) is 116 Å². The second-order valence-corrected chi connectivity index (χ2v) is 7.12. The van der Waals surface area contributed by atoms with Gasteiger partial charge in [-0.2, -0.15) is 5.10 Å². The van der Waals surface area contributed by atoms with Gasteiger partial charge in [0.25, 0.3) is 0 Å². The van der Waals surface area contributed by atoms with Crippen LogP contribution in [0.4, 0.5) is 10.5 Å². The number of aliphatic hydroxyl groups is 1. The number of aromatic amines is 1. The zero-order valence-electron chi connectivity index (χ0n) is 17.6. The Morgan fingerprint density at radius 2 is 2.06 bits per heavy atom. The van der Waals surface area contributed by atoms with Gasteiger partial charge < -0.3 is 20.9 Å². The molecule has 0 aliphatic heterocycles. The van der Waals surface area contributed by atoms with Crippen molar-refractivity contribution in [2.24, 2.45) is 5.73 Å². The second-order valence-electron chi connectivity index (χ2n) is 7.12. The SMILES string of the molecule is COc1cccc(C(CCO)NC(=O)N(CCCN)c2ccc(-c3cn[nH]c3)cc2)c1. The van der Waals surface area contributed by atoms with Crippen LogP contribution in [-0.4, -0.2) is 48.1 Å². The summed E-state index contributed by atoms with van der Waals surface area (Å²) in [5.41, 5.74) is 9.32. The van der Waals surface area contributed by atoms with Gasteiger partial charge in [0.1, 0.15) is 5.75 Å². The standard InChI is InChI=1S/C23H29N5O3/c1-31-21-5-2-4-18(14-21)22(10-13-29)27-23(30)28(12-3-11-24)20-8-6-17(7-9-20)19-15-25-26-16-19/h2,4-9,14-16,22,29H,3,10-13,24H2,1H3,(H,25,26)(H,27,30). The maximum Gasteiger partial charge on any atom is 0.322 e. The summed E-state index contributed by atoms with van der Waals surface area (Å²) in [4.78, 5) is 14.9. The van der Waals surface area contributed by atoms with Gasteiger partial charge in [0.2, 0.25) is 0 Å². The van der Waals surface area contributed by atoms with Crippen molar-refractivity contribution in [1.82, 2.24) is 15.5 Å².